The molecule has 0 bridgehead atoms. The monoisotopic (exact) mass is 235 g/mol. The molecule has 0 aromatic heterocycles. The van der Waals surface area contributed by atoms with Crippen molar-refractivity contribution in [2.45, 2.75) is 43.4 Å². The van der Waals surface area contributed by atoms with Gasteiger partial charge in [0.15, 0.2) is 0 Å². The Bertz CT molecular complexity index is 317. The zero-order valence-corrected chi connectivity index (χ0v) is 10.8. The van der Waals surface area contributed by atoms with Crippen molar-refractivity contribution in [3.63, 3.8) is 0 Å². The minimum Gasteiger partial charge on any atom is -0.326 e. The standard InChI is InChI=1S/C14H21NS/c1-14(10-5-11-16-14)13(15)9-8-12-6-3-2-4-7-12/h2-4,6-7,13H,5,8-11,15H2,1H3. The van der Waals surface area contributed by atoms with E-state index in [1.165, 1.54) is 24.2 Å². The van der Waals surface area contributed by atoms with Crippen LogP contribution in [0, 0.1) is 0 Å². The van der Waals surface area contributed by atoms with Crippen molar-refractivity contribution in [1.29, 1.82) is 0 Å². The summed E-state index contributed by atoms with van der Waals surface area (Å²) in [5.41, 5.74) is 7.75. The largest absolute Gasteiger partial charge is 0.326 e. The molecule has 0 radical (unpaired) electrons. The third kappa shape index (κ3) is 2.80. The average Bonchev–Trinajstić information content (AvgIpc) is 2.76. The molecule has 1 heterocycles. The fourth-order valence-electron chi connectivity index (χ4n) is 2.37. The second kappa shape index (κ2) is 5.24. The number of rotatable bonds is 4. The van der Waals surface area contributed by atoms with Crippen molar-refractivity contribution in [2.75, 3.05) is 5.75 Å². The number of aryl methyl sites for hydroxylation is 1. The molecule has 2 atom stereocenters. The summed E-state index contributed by atoms with van der Waals surface area (Å²) in [6.45, 7) is 2.33. The predicted molar refractivity (Wildman–Crippen MR) is 72.8 cm³/mol. The number of benzene rings is 1. The smallest absolute Gasteiger partial charge is 0.0283 e. The van der Waals surface area contributed by atoms with Crippen LogP contribution in [-0.4, -0.2) is 16.5 Å². The average molecular weight is 235 g/mol. The van der Waals surface area contributed by atoms with Crippen LogP contribution in [0.25, 0.3) is 0 Å². The molecule has 1 fully saturated rings. The van der Waals surface area contributed by atoms with Crippen LogP contribution in [0.4, 0.5) is 0 Å². The summed E-state index contributed by atoms with van der Waals surface area (Å²) in [6.07, 6.45) is 4.83. The minimum atomic E-state index is 0.328. The highest BCUT2D eigenvalue weighted by Gasteiger charge is 2.35. The molecule has 2 heteroatoms. The molecule has 1 aromatic carbocycles. The summed E-state index contributed by atoms with van der Waals surface area (Å²) in [7, 11) is 0. The van der Waals surface area contributed by atoms with E-state index in [0.717, 1.165) is 12.8 Å². The maximum Gasteiger partial charge on any atom is 0.0283 e. The Morgan fingerprint density at radius 1 is 1.38 bits per heavy atom. The number of hydrogen-bond donors (Lipinski definition) is 1. The van der Waals surface area contributed by atoms with E-state index in [0.29, 0.717) is 10.8 Å². The SMILES string of the molecule is CC1(C(N)CCc2ccccc2)CCCS1. The van der Waals surface area contributed by atoms with E-state index in [-0.39, 0.29) is 0 Å². The molecule has 0 saturated carbocycles. The van der Waals surface area contributed by atoms with Gasteiger partial charge in [-0.05, 0) is 43.9 Å². The molecule has 0 amide bonds. The van der Waals surface area contributed by atoms with Gasteiger partial charge in [0.1, 0.15) is 0 Å². The molecule has 88 valence electrons. The Hall–Kier alpha value is -0.470. The minimum absolute atomic E-state index is 0.328. The highest BCUT2D eigenvalue weighted by atomic mass is 32.2. The third-order valence-electron chi connectivity index (χ3n) is 3.62. The number of nitrogens with two attached hydrogens (primary N) is 1. The van der Waals surface area contributed by atoms with Gasteiger partial charge < -0.3 is 5.73 Å². The van der Waals surface area contributed by atoms with Gasteiger partial charge in [0.05, 0.1) is 0 Å². The van der Waals surface area contributed by atoms with E-state index in [2.05, 4.69) is 49.0 Å². The van der Waals surface area contributed by atoms with Crippen molar-refractivity contribution < 1.29 is 0 Å². The molecular weight excluding hydrogens is 214 g/mol. The van der Waals surface area contributed by atoms with E-state index >= 15 is 0 Å². The zero-order valence-electron chi connectivity index (χ0n) is 9.99. The van der Waals surface area contributed by atoms with Crippen LogP contribution in [0.1, 0.15) is 31.7 Å². The summed E-state index contributed by atoms with van der Waals surface area (Å²) in [6, 6.07) is 11.0. The normalized spacial score (nSPS) is 26.9. The summed E-state index contributed by atoms with van der Waals surface area (Å²) < 4.78 is 0.328. The highest BCUT2D eigenvalue weighted by molar-refractivity contribution is 8.00. The molecule has 2 N–H and O–H groups in total. The third-order valence-corrected chi connectivity index (χ3v) is 5.28. The first-order chi connectivity index (χ1) is 7.71. The Morgan fingerprint density at radius 2 is 2.12 bits per heavy atom. The Morgan fingerprint density at radius 3 is 2.75 bits per heavy atom. The Kier molecular flexibility index (Phi) is 3.93. The van der Waals surface area contributed by atoms with E-state index in [1.54, 1.807) is 0 Å². The van der Waals surface area contributed by atoms with Gasteiger partial charge in [-0.25, -0.2) is 0 Å². The lowest BCUT2D eigenvalue weighted by Crippen LogP contribution is -2.41. The van der Waals surface area contributed by atoms with Crippen LogP contribution in [-0.2, 0) is 6.42 Å². The second-order valence-electron chi connectivity index (χ2n) is 4.90. The van der Waals surface area contributed by atoms with Crippen LogP contribution < -0.4 is 5.73 Å². The lowest BCUT2D eigenvalue weighted by Gasteiger charge is -2.30. The lowest BCUT2D eigenvalue weighted by molar-refractivity contribution is 0.460. The molecule has 0 aliphatic carbocycles. The molecule has 1 saturated heterocycles. The van der Waals surface area contributed by atoms with Gasteiger partial charge in [-0.1, -0.05) is 30.3 Å². The molecule has 16 heavy (non-hydrogen) atoms. The van der Waals surface area contributed by atoms with Crippen LogP contribution >= 0.6 is 11.8 Å². The van der Waals surface area contributed by atoms with E-state index in [4.69, 9.17) is 5.73 Å². The summed E-state index contributed by atoms with van der Waals surface area (Å²) in [5.74, 6) is 1.29. The van der Waals surface area contributed by atoms with Gasteiger partial charge in [-0.2, -0.15) is 11.8 Å². The first-order valence-electron chi connectivity index (χ1n) is 6.14. The topological polar surface area (TPSA) is 26.0 Å². The van der Waals surface area contributed by atoms with Gasteiger partial charge in [-0.15, -0.1) is 0 Å². The highest BCUT2D eigenvalue weighted by Crippen LogP contribution is 2.40. The second-order valence-corrected chi connectivity index (χ2v) is 6.52. The summed E-state index contributed by atoms with van der Waals surface area (Å²) in [5, 5.41) is 0. The van der Waals surface area contributed by atoms with Crippen molar-refractivity contribution in [3.8, 4) is 0 Å². The molecular formula is C14H21NS. The Labute approximate surface area is 103 Å². The van der Waals surface area contributed by atoms with Gasteiger partial charge in [0.2, 0.25) is 0 Å². The van der Waals surface area contributed by atoms with Gasteiger partial charge in [0, 0.05) is 10.8 Å². The molecule has 1 aromatic rings. The molecule has 1 aliphatic rings. The van der Waals surface area contributed by atoms with Gasteiger partial charge >= 0.3 is 0 Å². The fourth-order valence-corrected chi connectivity index (χ4v) is 3.74. The van der Waals surface area contributed by atoms with Gasteiger partial charge in [-0.3, -0.25) is 0 Å². The quantitative estimate of drug-likeness (QED) is 0.867. The van der Waals surface area contributed by atoms with Crippen molar-refractivity contribution >= 4 is 11.8 Å². The number of thioether (sulfide) groups is 1. The lowest BCUT2D eigenvalue weighted by atomic mass is 9.92. The van der Waals surface area contributed by atoms with Crippen molar-refractivity contribution in [3.05, 3.63) is 35.9 Å². The Balaban J connectivity index is 1.86. The molecule has 1 nitrogen and oxygen atoms in total. The first kappa shape index (κ1) is 12.0. The maximum atomic E-state index is 6.34. The molecule has 1 aliphatic heterocycles. The van der Waals surface area contributed by atoms with E-state index in [9.17, 15) is 0 Å². The first-order valence-corrected chi connectivity index (χ1v) is 7.13. The molecule has 0 spiro atoms. The molecule has 2 unspecified atom stereocenters. The van der Waals surface area contributed by atoms with E-state index < -0.39 is 0 Å². The van der Waals surface area contributed by atoms with Gasteiger partial charge in [0.25, 0.3) is 0 Å². The summed E-state index contributed by atoms with van der Waals surface area (Å²) in [4.78, 5) is 0. The van der Waals surface area contributed by atoms with Crippen molar-refractivity contribution in [1.82, 2.24) is 0 Å². The fraction of sp³-hybridized carbons (Fsp3) is 0.571. The van der Waals surface area contributed by atoms with Crippen LogP contribution in [0.2, 0.25) is 0 Å². The van der Waals surface area contributed by atoms with E-state index in [1.807, 2.05) is 0 Å². The zero-order chi connectivity index (χ0) is 11.4. The maximum absolute atomic E-state index is 6.34. The summed E-state index contributed by atoms with van der Waals surface area (Å²) >= 11 is 2.06. The predicted octanol–water partition coefficient (Wildman–Crippen LogP) is 3.23. The van der Waals surface area contributed by atoms with Crippen molar-refractivity contribution in [2.24, 2.45) is 5.73 Å². The molecule has 2 rings (SSSR count). The van der Waals surface area contributed by atoms with Crippen LogP contribution in [0.15, 0.2) is 30.3 Å². The van der Waals surface area contributed by atoms with Crippen LogP contribution in [0.3, 0.4) is 0 Å². The van der Waals surface area contributed by atoms with Crippen LogP contribution in [0.5, 0.6) is 0 Å². The number of hydrogen-bond acceptors (Lipinski definition) is 2.